The molecule has 0 radical (unpaired) electrons. The highest BCUT2D eigenvalue weighted by atomic mass is 35.5. The third kappa shape index (κ3) is 3.00. The van der Waals surface area contributed by atoms with E-state index in [2.05, 4.69) is 5.10 Å². The van der Waals surface area contributed by atoms with Crippen LogP contribution in [0.25, 0.3) is 0 Å². The summed E-state index contributed by atoms with van der Waals surface area (Å²) < 4.78 is 7.26. The van der Waals surface area contributed by atoms with E-state index in [0.29, 0.717) is 10.8 Å². The number of aryl methyl sites for hydroxylation is 1. The molecule has 1 atom stereocenters. The summed E-state index contributed by atoms with van der Waals surface area (Å²) in [7, 11) is 5.41. The Morgan fingerprint density at radius 1 is 1.50 bits per heavy atom. The summed E-state index contributed by atoms with van der Waals surface area (Å²) in [4.78, 5) is 14.7. The van der Waals surface area contributed by atoms with Crippen molar-refractivity contribution in [1.82, 2.24) is 14.7 Å². The van der Waals surface area contributed by atoms with Gasteiger partial charge in [0.1, 0.15) is 5.75 Å². The van der Waals surface area contributed by atoms with Gasteiger partial charge in [0.2, 0.25) is 5.91 Å². The Balaban J connectivity index is 1.82. The summed E-state index contributed by atoms with van der Waals surface area (Å²) in [5.74, 6) is 0.679. The van der Waals surface area contributed by atoms with Crippen molar-refractivity contribution in [3.8, 4) is 5.75 Å². The van der Waals surface area contributed by atoms with Crippen molar-refractivity contribution in [2.24, 2.45) is 7.05 Å². The summed E-state index contributed by atoms with van der Waals surface area (Å²) >= 11 is 6.26. The predicted molar refractivity (Wildman–Crippen MR) is 93.4 cm³/mol. The van der Waals surface area contributed by atoms with Gasteiger partial charge in [0.25, 0.3) is 0 Å². The van der Waals surface area contributed by atoms with E-state index >= 15 is 0 Å². The first-order valence-corrected chi connectivity index (χ1v) is 8.48. The molecule has 128 valence electrons. The SMILES string of the molecule is COc1cccc(Cl)c1CC(=O)N(C)C1CCCc2c1cnn2C. The molecule has 1 aromatic carbocycles. The monoisotopic (exact) mass is 347 g/mol. The van der Waals surface area contributed by atoms with E-state index in [1.54, 1.807) is 13.2 Å². The molecule has 0 saturated heterocycles. The number of benzene rings is 1. The molecule has 0 N–H and O–H groups in total. The van der Waals surface area contributed by atoms with Gasteiger partial charge in [-0.1, -0.05) is 17.7 Å². The van der Waals surface area contributed by atoms with E-state index in [1.165, 1.54) is 5.69 Å². The van der Waals surface area contributed by atoms with Gasteiger partial charge in [0, 0.05) is 35.9 Å². The topological polar surface area (TPSA) is 47.4 Å². The van der Waals surface area contributed by atoms with Crippen LogP contribution >= 0.6 is 11.6 Å². The molecule has 0 spiro atoms. The van der Waals surface area contributed by atoms with E-state index in [0.717, 1.165) is 30.4 Å². The molecule has 2 aromatic rings. The molecular weight excluding hydrogens is 326 g/mol. The van der Waals surface area contributed by atoms with E-state index in [4.69, 9.17) is 16.3 Å². The maximum absolute atomic E-state index is 12.8. The lowest BCUT2D eigenvalue weighted by molar-refractivity contribution is -0.131. The van der Waals surface area contributed by atoms with E-state index in [9.17, 15) is 4.79 Å². The van der Waals surface area contributed by atoms with E-state index in [1.807, 2.05) is 42.0 Å². The van der Waals surface area contributed by atoms with E-state index in [-0.39, 0.29) is 18.4 Å². The van der Waals surface area contributed by atoms with Crippen LogP contribution < -0.4 is 4.74 Å². The van der Waals surface area contributed by atoms with Gasteiger partial charge in [0.05, 0.1) is 25.8 Å². The number of hydrogen-bond donors (Lipinski definition) is 0. The zero-order valence-corrected chi connectivity index (χ0v) is 15.0. The van der Waals surface area contributed by atoms with Crippen LogP contribution in [0.15, 0.2) is 24.4 Å². The second kappa shape index (κ2) is 6.85. The number of nitrogens with zero attached hydrogens (tertiary/aromatic N) is 3. The van der Waals surface area contributed by atoms with Crippen LogP contribution in [0.5, 0.6) is 5.75 Å². The molecule has 1 heterocycles. The van der Waals surface area contributed by atoms with Gasteiger partial charge in [-0.2, -0.15) is 5.10 Å². The molecule has 1 amide bonds. The number of fused-ring (bicyclic) bond motifs is 1. The van der Waals surface area contributed by atoms with Crippen LogP contribution in [0.1, 0.15) is 35.7 Å². The molecule has 0 aliphatic heterocycles. The fourth-order valence-corrected chi connectivity index (χ4v) is 3.67. The number of carbonyl (C=O) groups excluding carboxylic acids is 1. The summed E-state index contributed by atoms with van der Waals surface area (Å²) in [6.45, 7) is 0. The number of ether oxygens (including phenoxy) is 1. The molecular formula is C18H22ClN3O2. The Hall–Kier alpha value is -2.01. The highest BCUT2D eigenvalue weighted by Crippen LogP contribution is 2.34. The van der Waals surface area contributed by atoms with Gasteiger partial charge in [-0.05, 0) is 31.4 Å². The van der Waals surface area contributed by atoms with Gasteiger partial charge in [-0.3, -0.25) is 9.48 Å². The van der Waals surface area contributed by atoms with Gasteiger partial charge in [0.15, 0.2) is 0 Å². The number of halogens is 1. The normalized spacial score (nSPS) is 16.6. The smallest absolute Gasteiger partial charge is 0.227 e. The average Bonchev–Trinajstić information content (AvgIpc) is 2.97. The van der Waals surface area contributed by atoms with Gasteiger partial charge >= 0.3 is 0 Å². The van der Waals surface area contributed by atoms with Gasteiger partial charge < -0.3 is 9.64 Å². The molecule has 0 bridgehead atoms. The van der Waals surface area contributed by atoms with Crippen LogP contribution in [-0.2, 0) is 24.7 Å². The minimum absolute atomic E-state index is 0.0307. The largest absolute Gasteiger partial charge is 0.496 e. The number of methoxy groups -OCH3 is 1. The molecule has 0 fully saturated rings. The standard InChI is InChI=1S/C18H22ClN3O2/c1-21(15-7-5-8-16-13(15)11-20-22(16)2)18(23)10-12-14(19)6-4-9-17(12)24-3/h4,6,9,11,15H,5,7-8,10H2,1-3H3. The number of hydrogen-bond acceptors (Lipinski definition) is 3. The highest BCUT2D eigenvalue weighted by Gasteiger charge is 2.29. The lowest BCUT2D eigenvalue weighted by Gasteiger charge is -2.31. The van der Waals surface area contributed by atoms with Crippen molar-refractivity contribution < 1.29 is 9.53 Å². The average molecular weight is 348 g/mol. The van der Waals surface area contributed by atoms with E-state index < -0.39 is 0 Å². The first-order valence-electron chi connectivity index (χ1n) is 8.10. The molecule has 1 aliphatic rings. The number of rotatable bonds is 4. The van der Waals surface area contributed by atoms with Crippen LogP contribution in [0, 0.1) is 0 Å². The zero-order valence-electron chi connectivity index (χ0n) is 14.3. The quantitative estimate of drug-likeness (QED) is 0.853. The Morgan fingerprint density at radius 2 is 2.29 bits per heavy atom. The molecule has 6 heteroatoms. The molecule has 1 aliphatic carbocycles. The van der Waals surface area contributed by atoms with Crippen molar-refractivity contribution in [2.75, 3.05) is 14.2 Å². The molecule has 1 unspecified atom stereocenters. The minimum Gasteiger partial charge on any atom is -0.496 e. The number of aromatic nitrogens is 2. The second-order valence-electron chi connectivity index (χ2n) is 6.18. The van der Waals surface area contributed by atoms with Crippen molar-refractivity contribution in [2.45, 2.75) is 31.7 Å². The fraction of sp³-hybridized carbons (Fsp3) is 0.444. The lowest BCUT2D eigenvalue weighted by atomic mass is 9.91. The van der Waals surface area contributed by atoms with Crippen molar-refractivity contribution in [1.29, 1.82) is 0 Å². The molecule has 5 nitrogen and oxygen atoms in total. The third-order valence-electron chi connectivity index (χ3n) is 4.83. The maximum atomic E-state index is 12.8. The van der Waals surface area contributed by atoms with Gasteiger partial charge in [-0.15, -0.1) is 0 Å². The predicted octanol–water partition coefficient (Wildman–Crippen LogP) is 3.16. The molecule has 24 heavy (non-hydrogen) atoms. The number of carbonyl (C=O) groups is 1. The number of likely N-dealkylation sites (N-methyl/N-ethyl adjacent to an activating group) is 1. The summed E-state index contributed by atoms with van der Waals surface area (Å²) in [5, 5.41) is 4.91. The van der Waals surface area contributed by atoms with Crippen LogP contribution in [-0.4, -0.2) is 34.7 Å². The molecule has 3 rings (SSSR count). The minimum atomic E-state index is 0.0307. The summed E-state index contributed by atoms with van der Waals surface area (Å²) in [5.41, 5.74) is 3.12. The Kier molecular flexibility index (Phi) is 4.81. The summed E-state index contributed by atoms with van der Waals surface area (Å²) in [6, 6.07) is 5.51. The first kappa shape index (κ1) is 16.8. The summed E-state index contributed by atoms with van der Waals surface area (Å²) in [6.07, 6.45) is 5.15. The maximum Gasteiger partial charge on any atom is 0.227 e. The Bertz CT molecular complexity index is 757. The Morgan fingerprint density at radius 3 is 3.04 bits per heavy atom. The molecule has 1 aromatic heterocycles. The van der Waals surface area contributed by atoms with Crippen LogP contribution in [0.4, 0.5) is 0 Å². The van der Waals surface area contributed by atoms with Crippen molar-refractivity contribution in [3.63, 3.8) is 0 Å². The highest BCUT2D eigenvalue weighted by molar-refractivity contribution is 6.31. The van der Waals surface area contributed by atoms with Crippen LogP contribution in [0.3, 0.4) is 0 Å². The zero-order chi connectivity index (χ0) is 17.3. The fourth-order valence-electron chi connectivity index (χ4n) is 3.44. The van der Waals surface area contributed by atoms with Crippen LogP contribution in [0.2, 0.25) is 5.02 Å². The van der Waals surface area contributed by atoms with Gasteiger partial charge in [-0.25, -0.2) is 0 Å². The lowest BCUT2D eigenvalue weighted by Crippen LogP contribution is -2.34. The van der Waals surface area contributed by atoms with Crippen molar-refractivity contribution >= 4 is 17.5 Å². The molecule has 0 saturated carbocycles. The number of amides is 1. The first-order chi connectivity index (χ1) is 11.5. The third-order valence-corrected chi connectivity index (χ3v) is 5.18. The Labute approximate surface area is 147 Å². The second-order valence-corrected chi connectivity index (χ2v) is 6.59. The van der Waals surface area contributed by atoms with Crippen molar-refractivity contribution in [3.05, 3.63) is 46.2 Å².